The third-order valence-electron chi connectivity index (χ3n) is 5.27. The van der Waals surface area contributed by atoms with Crippen LogP contribution in [0.5, 0.6) is 11.5 Å². The summed E-state index contributed by atoms with van der Waals surface area (Å²) in [5.74, 6) is 0.890. The largest absolute Gasteiger partial charge is 0.497 e. The van der Waals surface area contributed by atoms with Gasteiger partial charge in [-0.05, 0) is 24.3 Å². The summed E-state index contributed by atoms with van der Waals surface area (Å²) in [6.45, 7) is -1.31. The zero-order valence-electron chi connectivity index (χ0n) is 16.7. The quantitative estimate of drug-likeness (QED) is 0.220. The van der Waals surface area contributed by atoms with E-state index in [1.807, 2.05) is 0 Å². The summed E-state index contributed by atoms with van der Waals surface area (Å²) in [4.78, 5) is 0. The van der Waals surface area contributed by atoms with Crippen LogP contribution in [-0.4, -0.2) is 117 Å². The van der Waals surface area contributed by atoms with Crippen LogP contribution in [0.25, 0.3) is 0 Å². The minimum Gasteiger partial charge on any atom is -0.497 e. The Labute approximate surface area is 177 Å². The normalized spacial score (nSPS) is 41.0. The van der Waals surface area contributed by atoms with Gasteiger partial charge in [-0.25, -0.2) is 0 Å². The Morgan fingerprint density at radius 3 is 1.84 bits per heavy atom. The smallest absolute Gasteiger partial charge is 0.229 e. The summed E-state index contributed by atoms with van der Waals surface area (Å²) in [6, 6.07) is 6.36. The second-order valence-corrected chi connectivity index (χ2v) is 7.30. The number of methoxy groups -OCH3 is 1. The first-order valence-corrected chi connectivity index (χ1v) is 9.69. The molecule has 1 aromatic rings. The number of rotatable bonds is 7. The molecule has 1 aromatic carbocycles. The summed E-state index contributed by atoms with van der Waals surface area (Å²) < 4.78 is 26.9. The van der Waals surface area contributed by atoms with Crippen molar-refractivity contribution in [1.29, 1.82) is 0 Å². The Bertz CT molecular complexity index is 683. The van der Waals surface area contributed by atoms with Crippen LogP contribution in [0.4, 0.5) is 0 Å². The molecule has 0 spiro atoms. The number of benzene rings is 1. The maximum atomic E-state index is 10.6. The lowest BCUT2D eigenvalue weighted by molar-refractivity contribution is -0.352. The summed E-state index contributed by atoms with van der Waals surface area (Å²) in [6.07, 6.45) is -15.0. The highest BCUT2D eigenvalue weighted by Gasteiger charge is 2.51. The molecule has 0 amide bonds. The van der Waals surface area contributed by atoms with Crippen molar-refractivity contribution in [1.82, 2.24) is 0 Å². The highest BCUT2D eigenvalue weighted by molar-refractivity contribution is 5.31. The van der Waals surface area contributed by atoms with Crippen LogP contribution in [0.3, 0.4) is 0 Å². The third-order valence-corrected chi connectivity index (χ3v) is 5.27. The van der Waals surface area contributed by atoms with Crippen LogP contribution < -0.4 is 9.47 Å². The Morgan fingerprint density at radius 2 is 1.26 bits per heavy atom. The van der Waals surface area contributed by atoms with Gasteiger partial charge in [0.1, 0.15) is 60.3 Å². The SMILES string of the molecule is COc1ccc(O[C@@H]2O[C@H](CO)[C@H](O[C@H]3O[C@H](CO)[C@@H](O)[C@H](O)[C@H]3O)[C@H](O)[C@H]2O)cc1. The van der Waals surface area contributed by atoms with Crippen LogP contribution in [0, 0.1) is 0 Å². The molecule has 2 heterocycles. The van der Waals surface area contributed by atoms with Crippen molar-refractivity contribution in [3.8, 4) is 11.5 Å². The van der Waals surface area contributed by atoms with E-state index in [0.29, 0.717) is 11.5 Å². The fourth-order valence-corrected chi connectivity index (χ4v) is 3.44. The monoisotopic (exact) mass is 448 g/mol. The molecular weight excluding hydrogens is 420 g/mol. The first-order valence-electron chi connectivity index (χ1n) is 9.69. The fraction of sp³-hybridized carbons (Fsp3) is 0.684. The van der Waals surface area contributed by atoms with Crippen LogP contribution in [0.2, 0.25) is 0 Å². The molecule has 0 aliphatic carbocycles. The second-order valence-electron chi connectivity index (χ2n) is 7.30. The molecule has 12 heteroatoms. The lowest BCUT2D eigenvalue weighted by Gasteiger charge is -2.45. The van der Waals surface area contributed by atoms with Crippen LogP contribution >= 0.6 is 0 Å². The second kappa shape index (κ2) is 10.4. The predicted octanol–water partition coefficient (Wildman–Crippen LogP) is -3.30. The zero-order valence-corrected chi connectivity index (χ0v) is 16.7. The van der Waals surface area contributed by atoms with Crippen LogP contribution in [-0.2, 0) is 14.2 Å². The van der Waals surface area contributed by atoms with E-state index in [0.717, 1.165) is 0 Å². The number of aliphatic hydroxyl groups excluding tert-OH is 7. The molecule has 0 saturated carbocycles. The summed E-state index contributed by atoms with van der Waals surface area (Å²) in [5.41, 5.74) is 0. The fourth-order valence-electron chi connectivity index (χ4n) is 3.44. The summed E-state index contributed by atoms with van der Waals surface area (Å²) >= 11 is 0. The molecule has 0 aromatic heterocycles. The van der Waals surface area contributed by atoms with Gasteiger partial charge in [-0.3, -0.25) is 0 Å². The van der Waals surface area contributed by atoms with Crippen molar-refractivity contribution in [2.75, 3.05) is 20.3 Å². The van der Waals surface area contributed by atoms with E-state index in [9.17, 15) is 35.7 Å². The van der Waals surface area contributed by atoms with Gasteiger partial charge in [0.05, 0.1) is 20.3 Å². The standard InChI is InChI=1S/C19H28O12/c1-27-8-2-4-9(5-3-8)28-18-16(26)14(24)17(11(7-21)30-18)31-19-15(25)13(23)12(22)10(6-20)29-19/h2-5,10-26H,6-7H2,1H3/t10-,11-,12-,13+,14-,15-,16-,17+,18-,19-/m1/s1. The van der Waals surface area contributed by atoms with Gasteiger partial charge in [0.2, 0.25) is 6.29 Å². The van der Waals surface area contributed by atoms with E-state index in [-0.39, 0.29) is 0 Å². The number of ether oxygens (including phenoxy) is 5. The molecule has 2 fully saturated rings. The maximum absolute atomic E-state index is 10.6. The molecule has 0 radical (unpaired) electrons. The molecule has 2 saturated heterocycles. The molecule has 176 valence electrons. The molecule has 10 atom stereocenters. The summed E-state index contributed by atoms with van der Waals surface area (Å²) in [5, 5.41) is 69.9. The molecular formula is C19H28O12. The van der Waals surface area contributed by atoms with E-state index >= 15 is 0 Å². The number of hydrogen-bond donors (Lipinski definition) is 7. The first kappa shape index (κ1) is 24.1. The minimum atomic E-state index is -1.73. The van der Waals surface area contributed by atoms with Crippen molar-refractivity contribution in [2.24, 2.45) is 0 Å². The van der Waals surface area contributed by atoms with Crippen molar-refractivity contribution in [3.05, 3.63) is 24.3 Å². The van der Waals surface area contributed by atoms with Gasteiger partial charge in [0.15, 0.2) is 6.29 Å². The van der Waals surface area contributed by atoms with E-state index in [4.69, 9.17) is 23.7 Å². The Hall–Kier alpha value is -1.58. The topological polar surface area (TPSA) is 188 Å². The Kier molecular flexibility index (Phi) is 8.04. The lowest BCUT2D eigenvalue weighted by atomic mass is 9.97. The van der Waals surface area contributed by atoms with Gasteiger partial charge in [-0.15, -0.1) is 0 Å². The van der Waals surface area contributed by atoms with Gasteiger partial charge in [-0.2, -0.15) is 0 Å². The minimum absolute atomic E-state index is 0.307. The molecule has 0 bridgehead atoms. The third kappa shape index (κ3) is 5.09. The van der Waals surface area contributed by atoms with Gasteiger partial charge in [-0.1, -0.05) is 0 Å². The van der Waals surface area contributed by atoms with E-state index in [1.165, 1.54) is 7.11 Å². The zero-order chi connectivity index (χ0) is 22.7. The van der Waals surface area contributed by atoms with Gasteiger partial charge >= 0.3 is 0 Å². The van der Waals surface area contributed by atoms with Crippen molar-refractivity contribution >= 4 is 0 Å². The van der Waals surface area contributed by atoms with E-state index in [1.54, 1.807) is 24.3 Å². The Morgan fingerprint density at radius 1 is 0.710 bits per heavy atom. The molecule has 12 nitrogen and oxygen atoms in total. The average Bonchev–Trinajstić information content (AvgIpc) is 2.79. The average molecular weight is 448 g/mol. The lowest BCUT2D eigenvalue weighted by Crippen LogP contribution is -2.65. The van der Waals surface area contributed by atoms with Crippen molar-refractivity contribution in [3.63, 3.8) is 0 Å². The molecule has 7 N–H and O–H groups in total. The molecule has 2 aliphatic rings. The highest BCUT2D eigenvalue weighted by atomic mass is 16.7. The molecule has 3 rings (SSSR count). The van der Waals surface area contributed by atoms with Gasteiger partial charge < -0.3 is 59.4 Å². The Balaban J connectivity index is 1.70. The predicted molar refractivity (Wildman–Crippen MR) is 100 cm³/mol. The van der Waals surface area contributed by atoms with Crippen LogP contribution in [0.15, 0.2) is 24.3 Å². The van der Waals surface area contributed by atoms with E-state index < -0.39 is 74.6 Å². The van der Waals surface area contributed by atoms with Crippen molar-refractivity contribution < 1.29 is 59.4 Å². The number of aliphatic hydroxyl groups is 7. The summed E-state index contributed by atoms with van der Waals surface area (Å²) in [7, 11) is 1.50. The first-order chi connectivity index (χ1) is 14.8. The van der Waals surface area contributed by atoms with Crippen molar-refractivity contribution in [2.45, 2.75) is 61.4 Å². The van der Waals surface area contributed by atoms with E-state index in [2.05, 4.69) is 0 Å². The molecule has 2 aliphatic heterocycles. The molecule has 31 heavy (non-hydrogen) atoms. The highest BCUT2D eigenvalue weighted by Crippen LogP contribution is 2.30. The van der Waals surface area contributed by atoms with Crippen LogP contribution in [0.1, 0.15) is 0 Å². The van der Waals surface area contributed by atoms with Gasteiger partial charge in [0, 0.05) is 0 Å². The molecule has 0 unspecified atom stereocenters. The van der Waals surface area contributed by atoms with Gasteiger partial charge in [0.25, 0.3) is 0 Å². The maximum Gasteiger partial charge on any atom is 0.229 e. The number of hydrogen-bond acceptors (Lipinski definition) is 12.